The lowest BCUT2D eigenvalue weighted by Gasteiger charge is -2.59. The first-order valence-electron chi connectivity index (χ1n) is 7.93. The van der Waals surface area contributed by atoms with Gasteiger partial charge in [-0.05, 0) is 69.9 Å². The zero-order valence-electron chi connectivity index (χ0n) is 11.0. The molecule has 3 heterocycles. The van der Waals surface area contributed by atoms with Crippen molar-refractivity contribution in [2.24, 2.45) is 11.8 Å². The summed E-state index contributed by atoms with van der Waals surface area (Å²) < 4.78 is 0. The summed E-state index contributed by atoms with van der Waals surface area (Å²) >= 11 is 0. The molecule has 0 spiro atoms. The lowest BCUT2D eigenvalue weighted by molar-refractivity contribution is -0.128. The Morgan fingerprint density at radius 2 is 1.59 bits per heavy atom. The molecule has 0 aromatic rings. The van der Waals surface area contributed by atoms with Crippen LogP contribution in [0.4, 0.5) is 0 Å². The van der Waals surface area contributed by atoms with Crippen LogP contribution in [0.15, 0.2) is 0 Å². The molecule has 1 saturated carbocycles. The Hall–Kier alpha value is -0.0800. The highest BCUT2D eigenvalue weighted by atomic mass is 15.4. The van der Waals surface area contributed by atoms with Gasteiger partial charge in [-0.3, -0.25) is 9.80 Å². The fourth-order valence-electron chi connectivity index (χ4n) is 5.32. The van der Waals surface area contributed by atoms with E-state index in [9.17, 15) is 0 Å². The standard InChI is InChI=1S/C15H26N2/c1-2-9-16-11-13-6-3-5-12-7-4-10-17(15(12)13)14(16)8-1/h12-15H,1-11H2/t12-,13-,14+,15-/m0/s1. The maximum Gasteiger partial charge on any atom is 0.0625 e. The topological polar surface area (TPSA) is 6.48 Å². The van der Waals surface area contributed by atoms with Crippen LogP contribution in [0.2, 0.25) is 0 Å². The molecule has 2 heteroatoms. The molecule has 17 heavy (non-hydrogen) atoms. The molecule has 1 aliphatic carbocycles. The second kappa shape index (κ2) is 4.24. The number of nitrogens with zero attached hydrogens (tertiary/aromatic N) is 2. The molecular weight excluding hydrogens is 208 g/mol. The van der Waals surface area contributed by atoms with E-state index in [4.69, 9.17) is 0 Å². The van der Waals surface area contributed by atoms with E-state index in [2.05, 4.69) is 9.80 Å². The van der Waals surface area contributed by atoms with Crippen molar-refractivity contribution < 1.29 is 0 Å². The Morgan fingerprint density at radius 3 is 2.59 bits per heavy atom. The highest BCUT2D eigenvalue weighted by Crippen LogP contribution is 2.44. The van der Waals surface area contributed by atoms with E-state index < -0.39 is 0 Å². The van der Waals surface area contributed by atoms with Gasteiger partial charge in [-0.25, -0.2) is 0 Å². The Labute approximate surface area is 105 Å². The molecule has 0 bridgehead atoms. The van der Waals surface area contributed by atoms with E-state index in [1.807, 2.05) is 0 Å². The van der Waals surface area contributed by atoms with Gasteiger partial charge in [0.1, 0.15) is 0 Å². The smallest absolute Gasteiger partial charge is 0.0625 e. The minimum Gasteiger partial charge on any atom is -0.288 e. The van der Waals surface area contributed by atoms with Crippen molar-refractivity contribution in [3.8, 4) is 0 Å². The zero-order valence-corrected chi connectivity index (χ0v) is 11.0. The second-order valence-electron chi connectivity index (χ2n) is 6.79. The zero-order chi connectivity index (χ0) is 11.2. The van der Waals surface area contributed by atoms with Crippen molar-refractivity contribution in [2.75, 3.05) is 19.6 Å². The molecule has 3 saturated heterocycles. The molecule has 4 aliphatic rings. The van der Waals surface area contributed by atoms with Crippen molar-refractivity contribution in [2.45, 2.75) is 63.6 Å². The lowest BCUT2D eigenvalue weighted by Crippen LogP contribution is -2.67. The van der Waals surface area contributed by atoms with Gasteiger partial charge in [-0.2, -0.15) is 0 Å². The third-order valence-corrected chi connectivity index (χ3v) is 5.92. The van der Waals surface area contributed by atoms with Crippen LogP contribution in [0.3, 0.4) is 0 Å². The van der Waals surface area contributed by atoms with Crippen molar-refractivity contribution in [1.29, 1.82) is 0 Å². The van der Waals surface area contributed by atoms with Crippen molar-refractivity contribution in [1.82, 2.24) is 9.80 Å². The fraction of sp³-hybridized carbons (Fsp3) is 1.00. The predicted molar refractivity (Wildman–Crippen MR) is 69.8 cm³/mol. The summed E-state index contributed by atoms with van der Waals surface area (Å²) in [5.41, 5.74) is 0. The highest BCUT2D eigenvalue weighted by Gasteiger charge is 2.47. The fourth-order valence-corrected chi connectivity index (χ4v) is 5.32. The van der Waals surface area contributed by atoms with Crippen molar-refractivity contribution in [3.63, 3.8) is 0 Å². The van der Waals surface area contributed by atoms with Crippen LogP contribution in [0, 0.1) is 11.8 Å². The summed E-state index contributed by atoms with van der Waals surface area (Å²) in [6, 6.07) is 0.983. The maximum atomic E-state index is 2.95. The summed E-state index contributed by atoms with van der Waals surface area (Å²) in [6.07, 6.45) is 12.8. The Bertz CT molecular complexity index is 289. The van der Waals surface area contributed by atoms with Crippen LogP contribution >= 0.6 is 0 Å². The molecule has 4 fully saturated rings. The average molecular weight is 234 g/mol. The summed E-state index contributed by atoms with van der Waals surface area (Å²) in [6.45, 7) is 4.22. The predicted octanol–water partition coefficient (Wildman–Crippen LogP) is 2.69. The van der Waals surface area contributed by atoms with E-state index in [-0.39, 0.29) is 0 Å². The third-order valence-electron chi connectivity index (χ3n) is 5.92. The molecule has 0 unspecified atom stereocenters. The quantitative estimate of drug-likeness (QED) is 0.636. The van der Waals surface area contributed by atoms with Gasteiger partial charge in [0.25, 0.3) is 0 Å². The van der Waals surface area contributed by atoms with Crippen LogP contribution in [0.25, 0.3) is 0 Å². The summed E-state index contributed by atoms with van der Waals surface area (Å²) in [4.78, 5) is 5.78. The molecule has 0 N–H and O–H groups in total. The van der Waals surface area contributed by atoms with Crippen LogP contribution < -0.4 is 0 Å². The Kier molecular flexibility index (Phi) is 2.69. The first-order valence-corrected chi connectivity index (χ1v) is 7.93. The van der Waals surface area contributed by atoms with Crippen LogP contribution in [0.1, 0.15) is 51.4 Å². The normalized spacial score (nSPS) is 47.3. The molecule has 4 atom stereocenters. The molecular formula is C15H26N2. The Balaban J connectivity index is 1.63. The summed E-state index contributed by atoms with van der Waals surface area (Å²) in [5.74, 6) is 2.08. The minimum absolute atomic E-state index is 0.839. The maximum absolute atomic E-state index is 2.95. The number of hydrogen-bond donors (Lipinski definition) is 0. The van der Waals surface area contributed by atoms with Crippen molar-refractivity contribution >= 4 is 0 Å². The van der Waals surface area contributed by atoms with Crippen LogP contribution in [-0.2, 0) is 0 Å². The molecule has 4 rings (SSSR count). The molecule has 0 aromatic carbocycles. The SMILES string of the molecule is C1C[C@H]2CCCN3[C@@H]2[C@@H](C1)CN1CCCC[C@H]13. The van der Waals surface area contributed by atoms with Gasteiger partial charge in [0, 0.05) is 12.6 Å². The van der Waals surface area contributed by atoms with Gasteiger partial charge in [-0.15, -0.1) is 0 Å². The van der Waals surface area contributed by atoms with Crippen LogP contribution in [0.5, 0.6) is 0 Å². The van der Waals surface area contributed by atoms with Gasteiger partial charge < -0.3 is 0 Å². The lowest BCUT2D eigenvalue weighted by atomic mass is 9.70. The van der Waals surface area contributed by atoms with Gasteiger partial charge in [0.15, 0.2) is 0 Å². The Morgan fingerprint density at radius 1 is 0.706 bits per heavy atom. The summed E-state index contributed by atoms with van der Waals surface area (Å²) in [7, 11) is 0. The van der Waals surface area contributed by atoms with E-state index in [0.29, 0.717) is 0 Å². The van der Waals surface area contributed by atoms with Gasteiger partial charge >= 0.3 is 0 Å². The van der Waals surface area contributed by atoms with Crippen molar-refractivity contribution in [3.05, 3.63) is 0 Å². The molecule has 0 radical (unpaired) electrons. The second-order valence-corrected chi connectivity index (χ2v) is 6.79. The van der Waals surface area contributed by atoms with Gasteiger partial charge in [0.2, 0.25) is 0 Å². The van der Waals surface area contributed by atoms with E-state index in [1.165, 1.54) is 71.0 Å². The molecule has 0 aromatic heterocycles. The van der Waals surface area contributed by atoms with E-state index in [1.54, 1.807) is 0 Å². The van der Waals surface area contributed by atoms with E-state index in [0.717, 1.165) is 24.0 Å². The molecule has 2 nitrogen and oxygen atoms in total. The van der Waals surface area contributed by atoms with E-state index >= 15 is 0 Å². The first kappa shape index (κ1) is 10.8. The third kappa shape index (κ3) is 1.67. The number of piperidine rings is 2. The largest absolute Gasteiger partial charge is 0.288 e. The highest BCUT2D eigenvalue weighted by molar-refractivity contribution is 5.00. The average Bonchev–Trinajstić information content (AvgIpc) is 2.39. The summed E-state index contributed by atoms with van der Waals surface area (Å²) in [5, 5.41) is 0. The number of rotatable bonds is 0. The molecule has 96 valence electrons. The minimum atomic E-state index is 0.839. The molecule has 3 aliphatic heterocycles. The van der Waals surface area contributed by atoms with Gasteiger partial charge in [-0.1, -0.05) is 6.42 Å². The first-order chi connectivity index (χ1) is 8.43. The van der Waals surface area contributed by atoms with Gasteiger partial charge in [0.05, 0.1) is 6.17 Å². The molecule has 0 amide bonds. The monoisotopic (exact) mass is 234 g/mol. The number of hydrogen-bond acceptors (Lipinski definition) is 2. The number of fused-ring (bicyclic) bond motifs is 2. The van der Waals surface area contributed by atoms with Crippen LogP contribution in [-0.4, -0.2) is 41.6 Å².